The summed E-state index contributed by atoms with van der Waals surface area (Å²) in [7, 11) is 0. The van der Waals surface area contributed by atoms with Gasteiger partial charge in [-0.05, 0) is 41.6 Å². The molecule has 0 atom stereocenters. The van der Waals surface area contributed by atoms with Gasteiger partial charge in [0.25, 0.3) is 11.8 Å². The molecule has 0 spiro atoms. The third-order valence-corrected chi connectivity index (χ3v) is 3.59. The number of nitrogens with two attached hydrogens (primary N) is 1. The normalized spacial score (nSPS) is 10.3. The zero-order chi connectivity index (χ0) is 18.4. The maximum absolute atomic E-state index is 12.2. The summed E-state index contributed by atoms with van der Waals surface area (Å²) in [6, 6.07) is 15.2. The highest BCUT2D eigenvalue weighted by molar-refractivity contribution is 6.04. The van der Waals surface area contributed by atoms with E-state index in [2.05, 4.69) is 10.5 Å². The van der Waals surface area contributed by atoms with E-state index in [0.717, 1.165) is 11.8 Å². The topological polar surface area (TPSA) is 107 Å². The molecule has 1 amide bonds. The summed E-state index contributed by atoms with van der Waals surface area (Å²) >= 11 is 0. The van der Waals surface area contributed by atoms with E-state index in [9.17, 15) is 9.59 Å². The van der Waals surface area contributed by atoms with Gasteiger partial charge in [-0.2, -0.15) is 0 Å². The van der Waals surface area contributed by atoms with Gasteiger partial charge in [0.1, 0.15) is 12.9 Å². The molecule has 0 aliphatic carbocycles. The summed E-state index contributed by atoms with van der Waals surface area (Å²) in [5.41, 5.74) is 7.80. The number of nitrogens with zero attached hydrogens (tertiary/aromatic N) is 1. The Morgan fingerprint density at radius 2 is 1.88 bits per heavy atom. The van der Waals surface area contributed by atoms with Gasteiger partial charge >= 0.3 is 0 Å². The smallest absolute Gasteiger partial charge is 0.255 e. The lowest BCUT2D eigenvalue weighted by atomic mass is 10.1. The number of anilines is 1. The summed E-state index contributed by atoms with van der Waals surface area (Å²) in [6.07, 6.45) is 0.733. The predicted molar refractivity (Wildman–Crippen MR) is 96.3 cm³/mol. The zero-order valence-corrected chi connectivity index (χ0v) is 13.8. The van der Waals surface area contributed by atoms with Crippen LogP contribution in [0.3, 0.4) is 0 Å². The molecule has 0 bridgehead atoms. The minimum Gasteiger partial charge on any atom is -0.474 e. The number of ether oxygens (including phenoxy) is 1. The SMILES string of the molecule is NCCOc1cc(-c2ccc(NC(=O)c3ccc(C=O)cc3)cc2)on1. The molecule has 3 aromatic rings. The van der Waals surface area contributed by atoms with Crippen LogP contribution in [0.25, 0.3) is 11.3 Å². The molecule has 3 rings (SSSR count). The molecule has 0 fully saturated rings. The molecule has 2 aromatic carbocycles. The number of benzene rings is 2. The van der Waals surface area contributed by atoms with Gasteiger partial charge in [-0.15, -0.1) is 0 Å². The van der Waals surface area contributed by atoms with Crippen molar-refractivity contribution >= 4 is 17.9 Å². The Labute approximate surface area is 149 Å². The average Bonchev–Trinajstić information content (AvgIpc) is 3.16. The molecule has 0 unspecified atom stereocenters. The molecule has 0 saturated carbocycles. The molecule has 7 heteroatoms. The van der Waals surface area contributed by atoms with Crippen LogP contribution >= 0.6 is 0 Å². The van der Waals surface area contributed by atoms with Crippen molar-refractivity contribution in [3.8, 4) is 17.2 Å². The Kier molecular flexibility index (Phi) is 5.40. The third-order valence-electron chi connectivity index (χ3n) is 3.59. The van der Waals surface area contributed by atoms with Crippen molar-refractivity contribution in [1.29, 1.82) is 0 Å². The van der Waals surface area contributed by atoms with Crippen LogP contribution in [0.1, 0.15) is 20.7 Å². The molecule has 0 aliphatic rings. The third kappa shape index (κ3) is 4.14. The number of nitrogens with one attached hydrogen (secondary N) is 1. The molecule has 1 aromatic heterocycles. The monoisotopic (exact) mass is 351 g/mol. The maximum atomic E-state index is 12.2. The fourth-order valence-corrected chi connectivity index (χ4v) is 2.26. The molecular formula is C19H17N3O4. The maximum Gasteiger partial charge on any atom is 0.255 e. The van der Waals surface area contributed by atoms with E-state index >= 15 is 0 Å². The average molecular weight is 351 g/mol. The van der Waals surface area contributed by atoms with E-state index in [1.54, 1.807) is 54.6 Å². The molecule has 0 aliphatic heterocycles. The van der Waals surface area contributed by atoms with Gasteiger partial charge in [-0.25, -0.2) is 0 Å². The van der Waals surface area contributed by atoms with Crippen molar-refractivity contribution < 1.29 is 18.8 Å². The van der Waals surface area contributed by atoms with Gasteiger partial charge < -0.3 is 20.3 Å². The van der Waals surface area contributed by atoms with Crippen LogP contribution in [-0.4, -0.2) is 30.5 Å². The fourth-order valence-electron chi connectivity index (χ4n) is 2.26. The van der Waals surface area contributed by atoms with E-state index in [4.69, 9.17) is 15.0 Å². The number of carbonyl (C=O) groups excluding carboxylic acids is 2. The van der Waals surface area contributed by atoms with E-state index < -0.39 is 0 Å². The largest absolute Gasteiger partial charge is 0.474 e. The number of aromatic nitrogens is 1. The first kappa shape index (κ1) is 17.4. The highest BCUT2D eigenvalue weighted by Gasteiger charge is 2.09. The number of rotatable bonds is 7. The van der Waals surface area contributed by atoms with Crippen LogP contribution in [0.15, 0.2) is 59.1 Å². The van der Waals surface area contributed by atoms with Crippen LogP contribution in [0, 0.1) is 0 Å². The first-order chi connectivity index (χ1) is 12.7. The van der Waals surface area contributed by atoms with Crippen molar-refractivity contribution in [2.45, 2.75) is 0 Å². The fraction of sp³-hybridized carbons (Fsp3) is 0.105. The quantitative estimate of drug-likeness (QED) is 0.634. The summed E-state index contributed by atoms with van der Waals surface area (Å²) in [5.74, 6) is 0.674. The summed E-state index contributed by atoms with van der Waals surface area (Å²) < 4.78 is 10.5. The Bertz CT molecular complexity index is 886. The standard InChI is InChI=1S/C19H17N3O4/c20-9-10-25-18-11-17(26-22-18)14-5-7-16(8-6-14)21-19(24)15-3-1-13(12-23)2-4-15/h1-8,11-12H,9-10,20H2,(H,21,24). The lowest BCUT2D eigenvalue weighted by Crippen LogP contribution is -2.11. The first-order valence-corrected chi connectivity index (χ1v) is 7.96. The predicted octanol–water partition coefficient (Wildman–Crippen LogP) is 2.74. The van der Waals surface area contributed by atoms with Crippen LogP contribution in [0.4, 0.5) is 5.69 Å². The molecular weight excluding hydrogens is 334 g/mol. The Hall–Kier alpha value is -3.45. The number of aldehydes is 1. The van der Waals surface area contributed by atoms with Crippen molar-refractivity contribution in [2.24, 2.45) is 5.73 Å². The van der Waals surface area contributed by atoms with E-state index in [1.807, 2.05) is 0 Å². The van der Waals surface area contributed by atoms with Crippen molar-refractivity contribution in [2.75, 3.05) is 18.5 Å². The van der Waals surface area contributed by atoms with Gasteiger partial charge in [0, 0.05) is 35.0 Å². The van der Waals surface area contributed by atoms with Crippen LogP contribution < -0.4 is 15.8 Å². The second kappa shape index (κ2) is 8.09. The summed E-state index contributed by atoms with van der Waals surface area (Å²) in [4.78, 5) is 22.9. The Morgan fingerprint density at radius 3 is 2.54 bits per heavy atom. The molecule has 26 heavy (non-hydrogen) atoms. The highest BCUT2D eigenvalue weighted by atomic mass is 16.5. The van der Waals surface area contributed by atoms with Gasteiger partial charge in [-0.3, -0.25) is 9.59 Å². The minimum atomic E-state index is -0.257. The Morgan fingerprint density at radius 1 is 1.15 bits per heavy atom. The lowest BCUT2D eigenvalue weighted by Gasteiger charge is -2.06. The summed E-state index contributed by atoms with van der Waals surface area (Å²) in [5, 5.41) is 6.60. The van der Waals surface area contributed by atoms with Crippen molar-refractivity contribution in [1.82, 2.24) is 5.16 Å². The van der Waals surface area contributed by atoms with Gasteiger partial charge in [0.2, 0.25) is 0 Å². The molecule has 0 saturated heterocycles. The van der Waals surface area contributed by atoms with Gasteiger partial charge in [-0.1, -0.05) is 12.1 Å². The first-order valence-electron chi connectivity index (χ1n) is 7.96. The molecule has 1 heterocycles. The second-order valence-corrected chi connectivity index (χ2v) is 5.44. The minimum absolute atomic E-state index is 0.257. The van der Waals surface area contributed by atoms with Crippen LogP contribution in [-0.2, 0) is 0 Å². The number of amides is 1. The lowest BCUT2D eigenvalue weighted by molar-refractivity contribution is 0.102. The van der Waals surface area contributed by atoms with E-state index in [1.165, 1.54) is 0 Å². The zero-order valence-electron chi connectivity index (χ0n) is 13.8. The molecule has 0 radical (unpaired) electrons. The molecule has 7 nitrogen and oxygen atoms in total. The number of hydrogen-bond donors (Lipinski definition) is 2. The highest BCUT2D eigenvalue weighted by Crippen LogP contribution is 2.25. The van der Waals surface area contributed by atoms with Crippen molar-refractivity contribution in [3.05, 3.63) is 65.7 Å². The van der Waals surface area contributed by atoms with Crippen LogP contribution in [0.2, 0.25) is 0 Å². The van der Waals surface area contributed by atoms with Gasteiger partial charge in [0.05, 0.1) is 0 Å². The van der Waals surface area contributed by atoms with E-state index in [0.29, 0.717) is 41.6 Å². The van der Waals surface area contributed by atoms with Crippen LogP contribution in [0.5, 0.6) is 5.88 Å². The van der Waals surface area contributed by atoms with E-state index in [-0.39, 0.29) is 5.91 Å². The van der Waals surface area contributed by atoms with Crippen molar-refractivity contribution in [3.63, 3.8) is 0 Å². The number of carbonyl (C=O) groups is 2. The summed E-state index contributed by atoms with van der Waals surface area (Å²) in [6.45, 7) is 0.763. The molecule has 3 N–H and O–H groups in total. The van der Waals surface area contributed by atoms with Gasteiger partial charge in [0.15, 0.2) is 5.76 Å². The molecule has 132 valence electrons. The second-order valence-electron chi connectivity index (χ2n) is 5.44. The Balaban J connectivity index is 1.66. The number of hydrogen-bond acceptors (Lipinski definition) is 6.